The molecule has 6 rings (SSSR count). The average Bonchev–Trinajstić information content (AvgIpc) is 3.39. The Morgan fingerprint density at radius 3 is 2.64 bits per heavy atom. The number of nitrogens with one attached hydrogen (secondary N) is 1. The maximum Gasteiger partial charge on any atom is 0.222 e. The van der Waals surface area contributed by atoms with E-state index in [-0.39, 0.29) is 17.7 Å². The van der Waals surface area contributed by atoms with E-state index in [1.54, 1.807) is 6.07 Å². The summed E-state index contributed by atoms with van der Waals surface area (Å²) in [5, 5.41) is 10.3. The summed E-state index contributed by atoms with van der Waals surface area (Å²) in [5.41, 5.74) is 12.8. The van der Waals surface area contributed by atoms with Crippen LogP contribution in [0.2, 0.25) is 0 Å². The number of H-pyrrole nitrogens is 1. The summed E-state index contributed by atoms with van der Waals surface area (Å²) in [7, 11) is 0. The third-order valence-corrected chi connectivity index (χ3v) is 9.68. The van der Waals surface area contributed by atoms with E-state index in [9.17, 15) is 14.9 Å². The monoisotopic (exact) mass is 566 g/mol. The predicted molar refractivity (Wildman–Crippen MR) is 166 cm³/mol. The first-order chi connectivity index (χ1) is 20.2. The topological polar surface area (TPSA) is 109 Å². The fourth-order valence-corrected chi connectivity index (χ4v) is 7.26. The molecule has 3 heterocycles. The second-order valence-electron chi connectivity index (χ2n) is 12.8. The summed E-state index contributed by atoms with van der Waals surface area (Å²) < 4.78 is 0. The van der Waals surface area contributed by atoms with E-state index in [1.807, 2.05) is 17.0 Å². The molecule has 3 N–H and O–H groups in total. The highest BCUT2D eigenvalue weighted by molar-refractivity contribution is 6.20. The Hall–Kier alpha value is -3.67. The fraction of sp³-hybridized carbons (Fsp3) is 0.500. The Morgan fingerprint density at radius 2 is 1.93 bits per heavy atom. The van der Waals surface area contributed by atoms with E-state index in [4.69, 9.17) is 5.73 Å². The molecule has 2 saturated heterocycles. The van der Waals surface area contributed by atoms with Crippen molar-refractivity contribution in [2.75, 3.05) is 50.7 Å². The highest BCUT2D eigenvalue weighted by Gasteiger charge is 2.40. The smallest absolute Gasteiger partial charge is 0.222 e. The maximum atomic E-state index is 14.0. The number of amides is 1. The molecule has 0 bridgehead atoms. The minimum Gasteiger partial charge on any atom is -0.368 e. The van der Waals surface area contributed by atoms with Crippen LogP contribution < -0.4 is 10.6 Å². The standard InChI is InChI=1S/C34H42N6O2/c1-4-23-18-26-27(34(2,3)33-31(32(26)42)25-10-9-22(20-35)17-28(25)37-33)19-29(23)39-13-15-40(16-14-39)30(41)8-6-12-38-11-5-7-24(36)21-38/h9-10,17-19,24,37H,4-8,11-16,21,36H2,1-3H3/t24-/m1/s1. The summed E-state index contributed by atoms with van der Waals surface area (Å²) in [4.78, 5) is 37.3. The number of aromatic amines is 1. The molecule has 0 unspecified atom stereocenters. The van der Waals surface area contributed by atoms with Gasteiger partial charge in [0.15, 0.2) is 5.78 Å². The van der Waals surface area contributed by atoms with E-state index < -0.39 is 5.41 Å². The molecule has 2 aliphatic heterocycles. The van der Waals surface area contributed by atoms with E-state index in [1.165, 1.54) is 0 Å². The number of piperidine rings is 1. The number of aryl methyl sites for hydroxylation is 1. The third-order valence-electron chi connectivity index (χ3n) is 9.68. The van der Waals surface area contributed by atoms with Crippen molar-refractivity contribution in [2.45, 2.75) is 64.3 Å². The number of carbonyl (C=O) groups excluding carboxylic acids is 2. The van der Waals surface area contributed by atoms with Gasteiger partial charge in [0.05, 0.1) is 17.2 Å². The first-order valence-electron chi connectivity index (χ1n) is 15.5. The van der Waals surface area contributed by atoms with Gasteiger partial charge in [0, 0.05) is 78.4 Å². The van der Waals surface area contributed by atoms with Gasteiger partial charge < -0.3 is 25.4 Å². The molecule has 1 amide bonds. The first-order valence-corrected chi connectivity index (χ1v) is 15.5. The molecule has 8 nitrogen and oxygen atoms in total. The number of likely N-dealkylation sites (tertiary alicyclic amines) is 1. The zero-order valence-corrected chi connectivity index (χ0v) is 25.1. The number of nitrogens with zero attached hydrogens (tertiary/aromatic N) is 4. The van der Waals surface area contributed by atoms with Crippen LogP contribution in [-0.4, -0.2) is 78.3 Å². The molecular formula is C34H42N6O2. The molecular weight excluding hydrogens is 524 g/mol. The van der Waals surface area contributed by atoms with Gasteiger partial charge >= 0.3 is 0 Å². The molecule has 1 atom stereocenters. The molecule has 2 aromatic carbocycles. The van der Waals surface area contributed by atoms with Gasteiger partial charge in [0.1, 0.15) is 0 Å². The first kappa shape index (κ1) is 28.4. The van der Waals surface area contributed by atoms with Crippen molar-refractivity contribution in [3.05, 3.63) is 63.8 Å². The van der Waals surface area contributed by atoms with Gasteiger partial charge in [-0.2, -0.15) is 5.26 Å². The summed E-state index contributed by atoms with van der Waals surface area (Å²) in [6.45, 7) is 12.4. The number of ketones is 1. The van der Waals surface area contributed by atoms with Gasteiger partial charge in [-0.1, -0.05) is 26.8 Å². The van der Waals surface area contributed by atoms with Gasteiger partial charge in [-0.15, -0.1) is 0 Å². The maximum absolute atomic E-state index is 14.0. The SMILES string of the molecule is CCc1cc2c(cc1N1CCN(C(=O)CCCN3CCC[C@@H](N)C3)CC1)C(C)(C)c1[nH]c3cc(C#N)ccc3c1C2=O. The van der Waals surface area contributed by atoms with Crippen molar-refractivity contribution in [1.29, 1.82) is 5.26 Å². The molecule has 1 aromatic heterocycles. The quantitative estimate of drug-likeness (QED) is 0.460. The largest absolute Gasteiger partial charge is 0.368 e. The molecule has 2 fully saturated rings. The Labute approximate surface area is 248 Å². The minimum absolute atomic E-state index is 0.0403. The molecule has 0 spiro atoms. The Bertz CT molecular complexity index is 1570. The molecule has 3 aliphatic rings. The lowest BCUT2D eigenvalue weighted by molar-refractivity contribution is -0.131. The number of carbonyl (C=O) groups is 2. The van der Waals surface area contributed by atoms with Crippen molar-refractivity contribution < 1.29 is 9.59 Å². The van der Waals surface area contributed by atoms with Crippen LogP contribution in [0.1, 0.15) is 84.8 Å². The lowest BCUT2D eigenvalue weighted by Gasteiger charge is -2.39. The normalized spacial score (nSPS) is 20.4. The van der Waals surface area contributed by atoms with Crippen LogP contribution in [0.5, 0.6) is 0 Å². The number of aromatic nitrogens is 1. The van der Waals surface area contributed by atoms with Gasteiger partial charge in [-0.3, -0.25) is 9.59 Å². The molecule has 42 heavy (non-hydrogen) atoms. The molecule has 1 aliphatic carbocycles. The number of benzene rings is 2. The van der Waals surface area contributed by atoms with E-state index in [0.717, 1.165) is 103 Å². The van der Waals surface area contributed by atoms with E-state index >= 15 is 0 Å². The van der Waals surface area contributed by atoms with Crippen LogP contribution in [-0.2, 0) is 16.6 Å². The van der Waals surface area contributed by atoms with Gasteiger partial charge in [-0.25, -0.2) is 0 Å². The van der Waals surface area contributed by atoms with Crippen LogP contribution >= 0.6 is 0 Å². The fourth-order valence-electron chi connectivity index (χ4n) is 7.26. The van der Waals surface area contributed by atoms with Crippen molar-refractivity contribution >= 4 is 28.3 Å². The average molecular weight is 567 g/mol. The minimum atomic E-state index is -0.415. The van der Waals surface area contributed by atoms with Gasteiger partial charge in [0.25, 0.3) is 0 Å². The highest BCUT2D eigenvalue weighted by atomic mass is 16.2. The van der Waals surface area contributed by atoms with Crippen LogP contribution in [0, 0.1) is 11.3 Å². The summed E-state index contributed by atoms with van der Waals surface area (Å²) in [5.74, 6) is 0.285. The van der Waals surface area contributed by atoms with Crippen LogP contribution in [0.25, 0.3) is 10.9 Å². The molecule has 220 valence electrons. The number of anilines is 1. The van der Waals surface area contributed by atoms with E-state index in [0.29, 0.717) is 25.1 Å². The summed E-state index contributed by atoms with van der Waals surface area (Å²) in [6.07, 6.45) is 4.54. The number of hydrogen-bond donors (Lipinski definition) is 2. The number of nitrogens with two attached hydrogens (primary N) is 1. The van der Waals surface area contributed by atoms with Crippen molar-refractivity contribution in [2.24, 2.45) is 5.73 Å². The lowest BCUT2D eigenvalue weighted by atomic mass is 9.70. The molecule has 0 saturated carbocycles. The second kappa shape index (κ2) is 11.2. The van der Waals surface area contributed by atoms with Gasteiger partial charge in [0.2, 0.25) is 5.91 Å². The molecule has 3 aromatic rings. The van der Waals surface area contributed by atoms with Crippen molar-refractivity contribution in [3.63, 3.8) is 0 Å². The highest BCUT2D eigenvalue weighted by Crippen LogP contribution is 2.45. The van der Waals surface area contributed by atoms with Crippen molar-refractivity contribution in [1.82, 2.24) is 14.8 Å². The number of rotatable bonds is 6. The van der Waals surface area contributed by atoms with Crippen LogP contribution in [0.4, 0.5) is 5.69 Å². The number of fused-ring (bicyclic) bond motifs is 4. The zero-order chi connectivity index (χ0) is 29.6. The summed E-state index contributed by atoms with van der Waals surface area (Å²) in [6, 6.07) is 12.3. The number of piperazine rings is 1. The van der Waals surface area contributed by atoms with E-state index in [2.05, 4.69) is 53.8 Å². The molecule has 8 heteroatoms. The van der Waals surface area contributed by atoms with Crippen molar-refractivity contribution in [3.8, 4) is 6.07 Å². The number of nitriles is 1. The number of hydrogen-bond acceptors (Lipinski definition) is 6. The molecule has 0 radical (unpaired) electrons. The van der Waals surface area contributed by atoms with Crippen LogP contribution in [0.3, 0.4) is 0 Å². The van der Waals surface area contributed by atoms with Crippen LogP contribution in [0.15, 0.2) is 30.3 Å². The Balaban J connectivity index is 1.18. The Kier molecular flexibility index (Phi) is 7.59. The third kappa shape index (κ3) is 4.99. The summed E-state index contributed by atoms with van der Waals surface area (Å²) >= 11 is 0. The predicted octanol–water partition coefficient (Wildman–Crippen LogP) is 4.32. The second-order valence-corrected chi connectivity index (χ2v) is 12.8. The lowest BCUT2D eigenvalue weighted by Crippen LogP contribution is -2.49. The van der Waals surface area contributed by atoms with Gasteiger partial charge in [-0.05, 0) is 74.2 Å². The zero-order valence-electron chi connectivity index (χ0n) is 25.1. The Morgan fingerprint density at radius 1 is 1.14 bits per heavy atom.